The van der Waals surface area contributed by atoms with E-state index >= 15 is 0 Å². The third-order valence-corrected chi connectivity index (χ3v) is 5.70. The summed E-state index contributed by atoms with van der Waals surface area (Å²) in [5.74, 6) is 2.61. The molecule has 2 aliphatic rings. The molecule has 152 valence electrons. The molecule has 3 rings (SSSR count). The van der Waals surface area contributed by atoms with Crippen molar-refractivity contribution in [3.63, 3.8) is 0 Å². The number of likely N-dealkylation sites (tertiary alicyclic amines) is 2. The van der Waals surface area contributed by atoms with Gasteiger partial charge in [0.15, 0.2) is 5.96 Å². The standard InChI is InChI=1S/C22H36N4.HI/c1-3-12-25-13-10-21(17-25)16-24-22(23-4-2)26-14-11-20(18-26)15-19-8-6-5-7-9-19;/h5-9,20-21H,3-4,10-18H2,1-2H3,(H,23,24);1H. The summed E-state index contributed by atoms with van der Waals surface area (Å²) in [5.41, 5.74) is 1.46. The number of hydrogen-bond acceptors (Lipinski definition) is 2. The van der Waals surface area contributed by atoms with E-state index in [1.165, 1.54) is 50.9 Å². The van der Waals surface area contributed by atoms with E-state index < -0.39 is 0 Å². The minimum absolute atomic E-state index is 0. The first-order valence-electron chi connectivity index (χ1n) is 10.6. The Labute approximate surface area is 182 Å². The molecular weight excluding hydrogens is 447 g/mol. The van der Waals surface area contributed by atoms with Crippen LogP contribution in [0.2, 0.25) is 0 Å². The molecule has 2 unspecified atom stereocenters. The van der Waals surface area contributed by atoms with Crippen molar-refractivity contribution in [2.75, 3.05) is 45.8 Å². The highest BCUT2D eigenvalue weighted by Crippen LogP contribution is 2.21. The molecule has 2 heterocycles. The number of hydrogen-bond donors (Lipinski definition) is 1. The second-order valence-corrected chi connectivity index (χ2v) is 7.94. The van der Waals surface area contributed by atoms with Crippen molar-refractivity contribution >= 4 is 29.9 Å². The normalized spacial score (nSPS) is 23.5. The van der Waals surface area contributed by atoms with E-state index in [4.69, 9.17) is 4.99 Å². The van der Waals surface area contributed by atoms with Gasteiger partial charge in [0, 0.05) is 32.7 Å². The third-order valence-electron chi connectivity index (χ3n) is 5.70. The molecule has 0 aromatic heterocycles. The maximum atomic E-state index is 5.02. The summed E-state index contributed by atoms with van der Waals surface area (Å²) in [6, 6.07) is 10.9. The molecule has 0 saturated carbocycles. The second-order valence-electron chi connectivity index (χ2n) is 7.94. The fraction of sp³-hybridized carbons (Fsp3) is 0.682. The van der Waals surface area contributed by atoms with Crippen molar-refractivity contribution in [1.82, 2.24) is 15.1 Å². The Kier molecular flexibility index (Phi) is 9.90. The van der Waals surface area contributed by atoms with E-state index in [0.29, 0.717) is 0 Å². The molecule has 2 atom stereocenters. The Bertz CT molecular complexity index is 563. The Hall–Kier alpha value is -0.820. The fourth-order valence-electron chi connectivity index (χ4n) is 4.36. The molecular formula is C22H37IN4. The zero-order chi connectivity index (χ0) is 18.2. The molecule has 1 aromatic carbocycles. The summed E-state index contributed by atoms with van der Waals surface area (Å²) >= 11 is 0. The molecule has 0 spiro atoms. The summed E-state index contributed by atoms with van der Waals surface area (Å²) in [7, 11) is 0. The number of nitrogens with zero attached hydrogens (tertiary/aromatic N) is 3. The van der Waals surface area contributed by atoms with Gasteiger partial charge in [0.05, 0.1) is 0 Å². The van der Waals surface area contributed by atoms with Gasteiger partial charge in [-0.05, 0) is 63.1 Å². The molecule has 2 fully saturated rings. The summed E-state index contributed by atoms with van der Waals surface area (Å²) in [6.45, 7) is 12.4. The Morgan fingerprint density at radius 3 is 2.59 bits per heavy atom. The Morgan fingerprint density at radius 1 is 1.07 bits per heavy atom. The molecule has 2 aliphatic heterocycles. The molecule has 1 aromatic rings. The molecule has 0 radical (unpaired) electrons. The van der Waals surface area contributed by atoms with Gasteiger partial charge in [-0.2, -0.15) is 0 Å². The van der Waals surface area contributed by atoms with Crippen LogP contribution in [-0.4, -0.2) is 61.6 Å². The van der Waals surface area contributed by atoms with Gasteiger partial charge in [0.2, 0.25) is 0 Å². The van der Waals surface area contributed by atoms with Crippen molar-refractivity contribution in [1.29, 1.82) is 0 Å². The number of aliphatic imine (C=N–C) groups is 1. The number of halogens is 1. The summed E-state index contributed by atoms with van der Waals surface area (Å²) in [4.78, 5) is 10.1. The van der Waals surface area contributed by atoms with Crippen LogP contribution in [0.1, 0.15) is 38.7 Å². The first-order chi connectivity index (χ1) is 12.8. The first-order valence-corrected chi connectivity index (χ1v) is 10.6. The van der Waals surface area contributed by atoms with E-state index in [1.54, 1.807) is 0 Å². The van der Waals surface area contributed by atoms with Crippen molar-refractivity contribution in [2.24, 2.45) is 16.8 Å². The van der Waals surface area contributed by atoms with E-state index in [9.17, 15) is 0 Å². The van der Waals surface area contributed by atoms with Crippen LogP contribution in [0.25, 0.3) is 0 Å². The topological polar surface area (TPSA) is 30.9 Å². The molecule has 0 amide bonds. The Balaban J connectivity index is 0.00000261. The maximum Gasteiger partial charge on any atom is 0.193 e. The van der Waals surface area contributed by atoms with Crippen molar-refractivity contribution in [3.8, 4) is 0 Å². The van der Waals surface area contributed by atoms with Crippen LogP contribution in [-0.2, 0) is 6.42 Å². The maximum absolute atomic E-state index is 5.02. The van der Waals surface area contributed by atoms with Crippen LogP contribution in [0.3, 0.4) is 0 Å². The van der Waals surface area contributed by atoms with Gasteiger partial charge < -0.3 is 15.1 Å². The lowest BCUT2D eigenvalue weighted by Crippen LogP contribution is -2.40. The minimum atomic E-state index is 0. The van der Waals surface area contributed by atoms with E-state index in [-0.39, 0.29) is 24.0 Å². The summed E-state index contributed by atoms with van der Waals surface area (Å²) in [5, 5.41) is 3.53. The molecule has 27 heavy (non-hydrogen) atoms. The average molecular weight is 484 g/mol. The molecule has 4 nitrogen and oxygen atoms in total. The number of benzene rings is 1. The Morgan fingerprint density at radius 2 is 1.85 bits per heavy atom. The van der Waals surface area contributed by atoms with Crippen LogP contribution in [0, 0.1) is 11.8 Å². The highest BCUT2D eigenvalue weighted by atomic mass is 127. The van der Waals surface area contributed by atoms with Gasteiger partial charge in [-0.1, -0.05) is 37.3 Å². The molecule has 1 N–H and O–H groups in total. The van der Waals surface area contributed by atoms with Gasteiger partial charge in [0.1, 0.15) is 0 Å². The van der Waals surface area contributed by atoms with Crippen LogP contribution >= 0.6 is 24.0 Å². The van der Waals surface area contributed by atoms with Crippen LogP contribution in [0.4, 0.5) is 0 Å². The van der Waals surface area contributed by atoms with Gasteiger partial charge in [-0.25, -0.2) is 0 Å². The van der Waals surface area contributed by atoms with Gasteiger partial charge >= 0.3 is 0 Å². The predicted octanol–water partition coefficient (Wildman–Crippen LogP) is 3.87. The molecule has 0 bridgehead atoms. The van der Waals surface area contributed by atoms with E-state index in [2.05, 4.69) is 59.3 Å². The lowest BCUT2D eigenvalue weighted by atomic mass is 9.99. The largest absolute Gasteiger partial charge is 0.357 e. The lowest BCUT2D eigenvalue weighted by molar-refractivity contribution is 0.326. The fourth-order valence-corrected chi connectivity index (χ4v) is 4.36. The SMILES string of the molecule is CCCN1CCC(CN=C(NCC)N2CCC(Cc3ccccc3)C2)C1.I. The van der Waals surface area contributed by atoms with Gasteiger partial charge in [0.25, 0.3) is 0 Å². The van der Waals surface area contributed by atoms with Crippen molar-refractivity contribution in [2.45, 2.75) is 39.5 Å². The number of nitrogens with one attached hydrogen (secondary N) is 1. The van der Waals surface area contributed by atoms with Crippen LogP contribution < -0.4 is 5.32 Å². The molecule has 0 aliphatic carbocycles. The smallest absolute Gasteiger partial charge is 0.193 e. The van der Waals surface area contributed by atoms with Crippen LogP contribution in [0.5, 0.6) is 0 Å². The quantitative estimate of drug-likeness (QED) is 0.362. The second kappa shape index (κ2) is 11.9. The third kappa shape index (κ3) is 6.93. The summed E-state index contributed by atoms with van der Waals surface area (Å²) in [6.07, 6.45) is 5.02. The summed E-state index contributed by atoms with van der Waals surface area (Å²) < 4.78 is 0. The van der Waals surface area contributed by atoms with Crippen molar-refractivity contribution < 1.29 is 0 Å². The van der Waals surface area contributed by atoms with Gasteiger partial charge in [-0.3, -0.25) is 4.99 Å². The number of rotatable bonds is 7. The average Bonchev–Trinajstić information content (AvgIpc) is 3.30. The number of guanidine groups is 1. The highest BCUT2D eigenvalue weighted by Gasteiger charge is 2.26. The van der Waals surface area contributed by atoms with E-state index in [1.807, 2.05) is 0 Å². The highest BCUT2D eigenvalue weighted by molar-refractivity contribution is 14.0. The molecule has 2 saturated heterocycles. The zero-order valence-electron chi connectivity index (χ0n) is 17.1. The van der Waals surface area contributed by atoms with Crippen molar-refractivity contribution in [3.05, 3.63) is 35.9 Å². The van der Waals surface area contributed by atoms with Gasteiger partial charge in [-0.15, -0.1) is 24.0 Å². The monoisotopic (exact) mass is 484 g/mol. The lowest BCUT2D eigenvalue weighted by Gasteiger charge is -2.22. The van der Waals surface area contributed by atoms with Crippen LogP contribution in [0.15, 0.2) is 35.3 Å². The zero-order valence-corrected chi connectivity index (χ0v) is 19.4. The predicted molar refractivity (Wildman–Crippen MR) is 126 cm³/mol. The first kappa shape index (κ1) is 22.5. The molecule has 5 heteroatoms. The van der Waals surface area contributed by atoms with E-state index in [0.717, 1.165) is 44.0 Å². The minimum Gasteiger partial charge on any atom is -0.357 e.